The molecule has 1 aromatic heterocycles. The number of halogens is 1. The van der Waals surface area contributed by atoms with Gasteiger partial charge in [-0.3, -0.25) is 9.48 Å². The Morgan fingerprint density at radius 1 is 1.47 bits per heavy atom. The maximum Gasteiger partial charge on any atom is 0.182 e. The third-order valence-electron chi connectivity index (χ3n) is 2.99. The van der Waals surface area contributed by atoms with E-state index in [1.54, 1.807) is 6.20 Å². The summed E-state index contributed by atoms with van der Waals surface area (Å²) in [6.07, 6.45) is 4.34. The lowest BCUT2D eigenvalue weighted by molar-refractivity contribution is 0.0942. The minimum Gasteiger partial charge on any atom is -0.292 e. The number of hydrogen-bond donors (Lipinski definition) is 0. The maximum absolute atomic E-state index is 12.4. The highest BCUT2D eigenvalue weighted by molar-refractivity contribution is 9.10. The second kappa shape index (κ2) is 6.69. The molecule has 0 bridgehead atoms. The van der Waals surface area contributed by atoms with Gasteiger partial charge >= 0.3 is 0 Å². The van der Waals surface area contributed by atoms with E-state index in [2.05, 4.69) is 55.6 Å². The van der Waals surface area contributed by atoms with Crippen LogP contribution >= 0.6 is 15.9 Å². The molecule has 0 aliphatic carbocycles. The number of ketones is 1. The third-order valence-corrected chi connectivity index (χ3v) is 3.57. The van der Waals surface area contributed by atoms with Crippen LogP contribution in [0.5, 0.6) is 0 Å². The highest BCUT2D eigenvalue weighted by Gasteiger charge is 2.22. The summed E-state index contributed by atoms with van der Waals surface area (Å²) in [7, 11) is 0. The van der Waals surface area contributed by atoms with Gasteiger partial charge < -0.3 is 0 Å². The van der Waals surface area contributed by atoms with Gasteiger partial charge in [0.1, 0.15) is 5.69 Å². The molecule has 0 radical (unpaired) electrons. The highest BCUT2D eigenvalue weighted by Crippen LogP contribution is 2.28. The average Bonchev–Trinajstić information content (AvgIpc) is 2.57. The second-order valence-corrected chi connectivity index (χ2v) is 7.42. The van der Waals surface area contributed by atoms with E-state index < -0.39 is 0 Å². The summed E-state index contributed by atoms with van der Waals surface area (Å²) in [5.41, 5.74) is 0.989. The molecule has 1 atom stereocenters. The fourth-order valence-corrected chi connectivity index (χ4v) is 3.07. The van der Waals surface area contributed by atoms with Crippen LogP contribution in [0, 0.1) is 11.3 Å². The molecule has 1 heterocycles. The Kier molecular flexibility index (Phi) is 5.78. The van der Waals surface area contributed by atoms with E-state index in [9.17, 15) is 4.79 Å². The zero-order valence-corrected chi connectivity index (χ0v) is 14.2. The van der Waals surface area contributed by atoms with Crippen molar-refractivity contribution in [1.82, 2.24) is 9.78 Å². The molecule has 19 heavy (non-hydrogen) atoms. The van der Waals surface area contributed by atoms with Crippen LogP contribution < -0.4 is 0 Å². The lowest BCUT2D eigenvalue weighted by atomic mass is 9.83. The van der Waals surface area contributed by atoms with Crippen molar-refractivity contribution in [3.8, 4) is 0 Å². The zero-order valence-electron chi connectivity index (χ0n) is 12.7. The molecule has 0 aliphatic heterocycles. The number of aryl methyl sites for hydroxylation is 1. The van der Waals surface area contributed by atoms with Gasteiger partial charge in [0, 0.05) is 13.0 Å². The Morgan fingerprint density at radius 2 is 2.11 bits per heavy atom. The van der Waals surface area contributed by atoms with Crippen molar-refractivity contribution in [1.29, 1.82) is 0 Å². The van der Waals surface area contributed by atoms with Crippen molar-refractivity contribution >= 4 is 21.7 Å². The number of Topliss-reactive ketones (excluding diaryl/α,β-unsaturated/α-hetero) is 1. The van der Waals surface area contributed by atoms with Crippen molar-refractivity contribution in [3.05, 3.63) is 16.4 Å². The topological polar surface area (TPSA) is 34.9 Å². The molecule has 0 amide bonds. The Bertz CT molecular complexity index is 432. The number of carbonyl (C=O) groups excluding carboxylic acids is 1. The molecule has 3 nitrogen and oxygen atoms in total. The first-order chi connectivity index (χ1) is 8.74. The number of nitrogens with zero attached hydrogens (tertiary/aromatic N) is 2. The Hall–Kier alpha value is -0.640. The van der Waals surface area contributed by atoms with Crippen LogP contribution in [0.4, 0.5) is 0 Å². The highest BCUT2D eigenvalue weighted by atomic mass is 79.9. The first-order valence-electron chi connectivity index (χ1n) is 6.99. The molecule has 4 heteroatoms. The molecule has 1 aromatic rings. The molecular formula is C15H25BrN2O. The van der Waals surface area contributed by atoms with Gasteiger partial charge in [-0.25, -0.2) is 0 Å². The predicted octanol–water partition coefficient (Wildman–Crippen LogP) is 4.70. The first kappa shape index (κ1) is 16.4. The Balaban J connectivity index is 2.75. The van der Waals surface area contributed by atoms with E-state index in [0.717, 1.165) is 29.6 Å². The van der Waals surface area contributed by atoms with E-state index >= 15 is 0 Å². The quantitative estimate of drug-likeness (QED) is 0.709. The van der Waals surface area contributed by atoms with Gasteiger partial charge in [0.15, 0.2) is 5.78 Å². The molecule has 0 spiro atoms. The van der Waals surface area contributed by atoms with Crippen molar-refractivity contribution in [2.24, 2.45) is 11.3 Å². The van der Waals surface area contributed by atoms with Crippen molar-refractivity contribution in [2.45, 2.75) is 60.4 Å². The molecule has 0 saturated heterocycles. The van der Waals surface area contributed by atoms with Crippen LogP contribution in [0.15, 0.2) is 10.7 Å². The van der Waals surface area contributed by atoms with Crippen LogP contribution in [0.2, 0.25) is 0 Å². The summed E-state index contributed by atoms with van der Waals surface area (Å²) in [6.45, 7) is 11.7. The minimum absolute atomic E-state index is 0.189. The molecule has 0 fully saturated rings. The number of aromatic nitrogens is 2. The molecule has 0 aliphatic rings. The van der Waals surface area contributed by atoms with Gasteiger partial charge in [-0.15, -0.1) is 0 Å². The van der Waals surface area contributed by atoms with Crippen molar-refractivity contribution in [2.75, 3.05) is 0 Å². The van der Waals surface area contributed by atoms with Crippen LogP contribution in [-0.2, 0) is 6.54 Å². The SMILES string of the molecule is CCCn1ncc(Br)c1C(=O)CC(C)CC(C)(C)C. The molecule has 0 N–H and O–H groups in total. The fourth-order valence-electron chi connectivity index (χ4n) is 2.55. The number of rotatable bonds is 6. The standard InChI is InChI=1S/C15H25BrN2O/c1-6-7-18-14(12(16)10-17-18)13(19)8-11(2)9-15(3,4)5/h10-11H,6-9H2,1-5H3. The number of hydrogen-bond acceptors (Lipinski definition) is 2. The lowest BCUT2D eigenvalue weighted by Gasteiger charge is -2.22. The zero-order chi connectivity index (χ0) is 14.6. The van der Waals surface area contributed by atoms with Gasteiger partial charge in [0.2, 0.25) is 0 Å². The maximum atomic E-state index is 12.4. The molecular weight excluding hydrogens is 304 g/mol. The fraction of sp³-hybridized carbons (Fsp3) is 0.733. The molecule has 1 unspecified atom stereocenters. The van der Waals surface area contributed by atoms with Gasteiger partial charge in [0.25, 0.3) is 0 Å². The summed E-state index contributed by atoms with van der Waals surface area (Å²) in [5, 5.41) is 4.26. The van der Waals surface area contributed by atoms with Gasteiger partial charge in [-0.2, -0.15) is 5.10 Å². The van der Waals surface area contributed by atoms with Crippen LogP contribution in [0.25, 0.3) is 0 Å². The van der Waals surface area contributed by atoms with Crippen LogP contribution in [-0.4, -0.2) is 15.6 Å². The first-order valence-corrected chi connectivity index (χ1v) is 7.78. The summed E-state index contributed by atoms with van der Waals surface area (Å²) < 4.78 is 2.63. The Morgan fingerprint density at radius 3 is 2.63 bits per heavy atom. The van der Waals surface area contributed by atoms with E-state index in [1.165, 1.54) is 0 Å². The smallest absolute Gasteiger partial charge is 0.182 e. The lowest BCUT2D eigenvalue weighted by Crippen LogP contribution is -2.17. The summed E-state index contributed by atoms with van der Waals surface area (Å²) >= 11 is 3.43. The normalized spacial score (nSPS) is 13.6. The van der Waals surface area contributed by atoms with Gasteiger partial charge in [-0.05, 0) is 40.1 Å². The summed E-state index contributed by atoms with van der Waals surface area (Å²) in [4.78, 5) is 12.4. The molecule has 1 rings (SSSR count). The van der Waals surface area contributed by atoms with Crippen molar-refractivity contribution in [3.63, 3.8) is 0 Å². The predicted molar refractivity (Wildman–Crippen MR) is 82.4 cm³/mol. The monoisotopic (exact) mass is 328 g/mol. The van der Waals surface area contributed by atoms with E-state index in [0.29, 0.717) is 12.3 Å². The van der Waals surface area contributed by atoms with Gasteiger partial charge in [-0.1, -0.05) is 34.6 Å². The summed E-state index contributed by atoms with van der Waals surface area (Å²) in [5.74, 6) is 0.582. The average molecular weight is 329 g/mol. The third kappa shape index (κ3) is 5.09. The Labute approximate surface area is 124 Å². The number of carbonyl (C=O) groups is 1. The van der Waals surface area contributed by atoms with Crippen molar-refractivity contribution < 1.29 is 4.79 Å². The minimum atomic E-state index is 0.189. The van der Waals surface area contributed by atoms with E-state index in [4.69, 9.17) is 0 Å². The molecule has 0 saturated carbocycles. The van der Waals surface area contributed by atoms with E-state index in [-0.39, 0.29) is 11.2 Å². The van der Waals surface area contributed by atoms with Crippen LogP contribution in [0.3, 0.4) is 0 Å². The largest absolute Gasteiger partial charge is 0.292 e. The van der Waals surface area contributed by atoms with Crippen LogP contribution in [0.1, 0.15) is 64.4 Å². The summed E-state index contributed by atoms with van der Waals surface area (Å²) in [6, 6.07) is 0. The van der Waals surface area contributed by atoms with Gasteiger partial charge in [0.05, 0.1) is 10.7 Å². The molecule has 108 valence electrons. The van der Waals surface area contributed by atoms with E-state index in [1.807, 2.05) is 4.68 Å². The molecule has 0 aromatic carbocycles. The second-order valence-electron chi connectivity index (χ2n) is 6.56.